The quantitative estimate of drug-likeness (QED) is 0.693. The third-order valence-corrected chi connectivity index (χ3v) is 4.02. The highest BCUT2D eigenvalue weighted by Crippen LogP contribution is 2.22. The number of hydrogen-bond acceptors (Lipinski definition) is 7. The van der Waals surface area contributed by atoms with Crippen LogP contribution in [0.2, 0.25) is 0 Å². The lowest BCUT2D eigenvalue weighted by molar-refractivity contribution is 0.316. The molecule has 132 valence electrons. The predicted octanol–water partition coefficient (Wildman–Crippen LogP) is 1.49. The molecule has 25 heavy (non-hydrogen) atoms. The second-order valence-electron chi connectivity index (χ2n) is 5.96. The molecule has 3 aromatic rings. The van der Waals surface area contributed by atoms with Gasteiger partial charge in [-0.25, -0.2) is 9.07 Å². The van der Waals surface area contributed by atoms with Crippen molar-refractivity contribution in [2.75, 3.05) is 7.05 Å². The van der Waals surface area contributed by atoms with Crippen LogP contribution in [0.3, 0.4) is 0 Å². The molecule has 0 aliphatic heterocycles. The summed E-state index contributed by atoms with van der Waals surface area (Å²) >= 11 is 0. The fourth-order valence-corrected chi connectivity index (χ4v) is 2.55. The number of nitrogens with zero attached hydrogens (tertiary/aromatic N) is 6. The number of nitrogens with one attached hydrogen (secondary N) is 1. The maximum absolute atomic E-state index is 13.5. The minimum atomic E-state index is -0.400. The number of hydrogen-bond donors (Lipinski definition) is 1. The topological polar surface area (TPSA) is 94.6 Å². The Morgan fingerprint density at radius 1 is 1.32 bits per heavy atom. The number of tetrazole rings is 1. The van der Waals surface area contributed by atoms with E-state index in [-0.39, 0.29) is 11.9 Å². The van der Waals surface area contributed by atoms with Gasteiger partial charge in [0.1, 0.15) is 17.7 Å². The second-order valence-corrected chi connectivity index (χ2v) is 5.96. The molecule has 3 rings (SSSR count). The van der Waals surface area contributed by atoms with Crippen molar-refractivity contribution in [3.8, 4) is 0 Å². The van der Waals surface area contributed by atoms with Crippen molar-refractivity contribution >= 4 is 0 Å². The fourth-order valence-electron chi connectivity index (χ4n) is 2.55. The Labute approximate surface area is 144 Å². The van der Waals surface area contributed by atoms with Crippen molar-refractivity contribution in [2.24, 2.45) is 0 Å². The van der Waals surface area contributed by atoms with E-state index in [4.69, 9.17) is 4.52 Å². The molecule has 0 aliphatic carbocycles. The Bertz CT molecular complexity index is 831. The third-order valence-electron chi connectivity index (χ3n) is 4.02. The molecular weight excluding hydrogens is 325 g/mol. The molecule has 9 heteroatoms. The molecule has 2 unspecified atom stereocenters. The van der Waals surface area contributed by atoms with Crippen LogP contribution in [0.4, 0.5) is 4.39 Å². The minimum absolute atomic E-state index is 0.224. The van der Waals surface area contributed by atoms with Crippen molar-refractivity contribution in [3.63, 3.8) is 0 Å². The number of rotatable bonds is 7. The summed E-state index contributed by atoms with van der Waals surface area (Å²) in [5, 5.41) is 18.8. The molecule has 0 saturated carbocycles. The molecule has 1 aromatic carbocycles. The zero-order valence-electron chi connectivity index (χ0n) is 14.3. The number of halogens is 1. The van der Waals surface area contributed by atoms with Crippen LogP contribution in [0.25, 0.3) is 0 Å². The molecule has 0 spiro atoms. The predicted molar refractivity (Wildman–Crippen MR) is 87.3 cm³/mol. The van der Waals surface area contributed by atoms with Gasteiger partial charge in [0.05, 0.1) is 0 Å². The van der Waals surface area contributed by atoms with Crippen LogP contribution in [0.1, 0.15) is 36.1 Å². The summed E-state index contributed by atoms with van der Waals surface area (Å²) in [6, 6.07) is 6.22. The standard InChI is InChI=1S/C16H20FN7O/c1-10(18-3)7-15-19-16(25-21-15)14(24-11(2)20-22-23-24)9-12-5-4-6-13(17)8-12/h4-6,8,10,14,18H,7,9H2,1-3H3. The SMILES string of the molecule is CNC(C)Cc1noc(C(Cc2cccc(F)c2)n2nnnc2C)n1. The van der Waals surface area contributed by atoms with Crippen molar-refractivity contribution in [1.29, 1.82) is 0 Å². The molecule has 0 saturated heterocycles. The zero-order chi connectivity index (χ0) is 17.8. The van der Waals surface area contributed by atoms with E-state index in [9.17, 15) is 4.39 Å². The lowest BCUT2D eigenvalue weighted by Gasteiger charge is -2.13. The van der Waals surface area contributed by atoms with E-state index >= 15 is 0 Å². The summed E-state index contributed by atoms with van der Waals surface area (Å²) in [4.78, 5) is 4.49. The highest BCUT2D eigenvalue weighted by Gasteiger charge is 2.25. The van der Waals surface area contributed by atoms with E-state index in [0.29, 0.717) is 30.4 Å². The molecule has 0 bridgehead atoms. The normalized spacial score (nSPS) is 13.8. The van der Waals surface area contributed by atoms with Gasteiger partial charge >= 0.3 is 0 Å². The van der Waals surface area contributed by atoms with Crippen LogP contribution in [0.5, 0.6) is 0 Å². The van der Waals surface area contributed by atoms with Crippen LogP contribution in [-0.4, -0.2) is 43.4 Å². The maximum atomic E-state index is 13.5. The summed E-state index contributed by atoms with van der Waals surface area (Å²) in [5.74, 6) is 1.33. The number of likely N-dealkylation sites (N-methyl/N-ethyl adjacent to an activating group) is 1. The zero-order valence-corrected chi connectivity index (χ0v) is 14.3. The lowest BCUT2D eigenvalue weighted by atomic mass is 10.1. The molecule has 0 radical (unpaired) electrons. The first-order chi connectivity index (χ1) is 12.1. The van der Waals surface area contributed by atoms with Gasteiger partial charge < -0.3 is 9.84 Å². The summed E-state index contributed by atoms with van der Waals surface area (Å²) in [7, 11) is 1.88. The molecule has 0 amide bonds. The van der Waals surface area contributed by atoms with Gasteiger partial charge in [0.2, 0.25) is 0 Å². The number of aromatic nitrogens is 6. The Morgan fingerprint density at radius 3 is 2.84 bits per heavy atom. The first-order valence-corrected chi connectivity index (χ1v) is 8.05. The summed E-state index contributed by atoms with van der Waals surface area (Å²) < 4.78 is 20.6. The van der Waals surface area contributed by atoms with Gasteiger partial charge in [-0.3, -0.25) is 0 Å². The molecule has 2 atom stereocenters. The molecule has 1 N–H and O–H groups in total. The monoisotopic (exact) mass is 345 g/mol. The molecule has 2 heterocycles. The molecule has 0 aliphatic rings. The summed E-state index contributed by atoms with van der Waals surface area (Å²) in [5.41, 5.74) is 0.795. The van der Waals surface area contributed by atoms with E-state index in [1.807, 2.05) is 20.0 Å². The average molecular weight is 345 g/mol. The van der Waals surface area contributed by atoms with Crippen molar-refractivity contribution < 1.29 is 8.91 Å². The van der Waals surface area contributed by atoms with E-state index in [1.54, 1.807) is 17.7 Å². The van der Waals surface area contributed by atoms with Crippen LogP contribution in [-0.2, 0) is 12.8 Å². The van der Waals surface area contributed by atoms with Crippen LogP contribution in [0, 0.1) is 12.7 Å². The van der Waals surface area contributed by atoms with E-state index < -0.39 is 6.04 Å². The van der Waals surface area contributed by atoms with E-state index in [0.717, 1.165) is 5.56 Å². The maximum Gasteiger partial charge on any atom is 0.251 e. The summed E-state index contributed by atoms with van der Waals surface area (Å²) in [6.07, 6.45) is 1.08. The first kappa shape index (κ1) is 17.2. The fraction of sp³-hybridized carbons (Fsp3) is 0.438. The Hall–Kier alpha value is -2.68. The average Bonchev–Trinajstić information content (AvgIpc) is 3.22. The van der Waals surface area contributed by atoms with Gasteiger partial charge in [0, 0.05) is 18.9 Å². The largest absolute Gasteiger partial charge is 0.337 e. The van der Waals surface area contributed by atoms with Gasteiger partial charge in [-0.15, -0.1) is 5.10 Å². The van der Waals surface area contributed by atoms with Crippen molar-refractivity contribution in [2.45, 2.75) is 38.8 Å². The van der Waals surface area contributed by atoms with Crippen LogP contribution in [0.15, 0.2) is 28.8 Å². The lowest BCUT2D eigenvalue weighted by Crippen LogP contribution is -2.24. The third kappa shape index (κ3) is 4.05. The van der Waals surface area contributed by atoms with Gasteiger partial charge in [0.15, 0.2) is 5.82 Å². The molecule has 2 aromatic heterocycles. The summed E-state index contributed by atoms with van der Waals surface area (Å²) in [6.45, 7) is 3.82. The van der Waals surface area contributed by atoms with Gasteiger partial charge in [-0.2, -0.15) is 4.98 Å². The van der Waals surface area contributed by atoms with E-state index in [1.165, 1.54) is 12.1 Å². The number of aryl methyl sites for hydroxylation is 1. The highest BCUT2D eigenvalue weighted by atomic mass is 19.1. The minimum Gasteiger partial charge on any atom is -0.337 e. The van der Waals surface area contributed by atoms with E-state index in [2.05, 4.69) is 31.0 Å². The molecule has 0 fully saturated rings. The van der Waals surface area contributed by atoms with Crippen molar-refractivity contribution in [1.82, 2.24) is 35.7 Å². The Kier molecular flexibility index (Phi) is 5.13. The van der Waals surface area contributed by atoms with Crippen molar-refractivity contribution in [3.05, 3.63) is 53.2 Å². The van der Waals surface area contributed by atoms with Crippen LogP contribution < -0.4 is 5.32 Å². The first-order valence-electron chi connectivity index (χ1n) is 8.05. The number of benzene rings is 1. The van der Waals surface area contributed by atoms with Crippen LogP contribution >= 0.6 is 0 Å². The highest BCUT2D eigenvalue weighted by molar-refractivity contribution is 5.19. The second kappa shape index (κ2) is 7.47. The smallest absolute Gasteiger partial charge is 0.251 e. The molecular formula is C16H20FN7O. The van der Waals surface area contributed by atoms with Gasteiger partial charge in [-0.1, -0.05) is 17.3 Å². The van der Waals surface area contributed by atoms with Gasteiger partial charge in [0.25, 0.3) is 5.89 Å². The Balaban J connectivity index is 1.90. The van der Waals surface area contributed by atoms with Gasteiger partial charge in [-0.05, 0) is 49.0 Å². The molecule has 8 nitrogen and oxygen atoms in total. The Morgan fingerprint density at radius 2 is 2.16 bits per heavy atom.